The van der Waals surface area contributed by atoms with Gasteiger partial charge in [-0.3, -0.25) is 10.1 Å². The van der Waals surface area contributed by atoms with Gasteiger partial charge in [0, 0.05) is 12.1 Å². The molecule has 3 aromatic carbocycles. The molecule has 4 aromatic rings. The Morgan fingerprint density at radius 3 is 2.55 bits per heavy atom. The van der Waals surface area contributed by atoms with Crippen LogP contribution in [-0.2, 0) is 0 Å². The highest BCUT2D eigenvalue weighted by Crippen LogP contribution is 2.31. The second-order valence-corrected chi connectivity index (χ2v) is 6.22. The monoisotopic (exact) mass is 387 g/mol. The van der Waals surface area contributed by atoms with Crippen LogP contribution in [0.25, 0.3) is 22.9 Å². The Kier molecular flexibility index (Phi) is 4.94. The summed E-state index contributed by atoms with van der Waals surface area (Å²) in [4.78, 5) is 18.5. The molecule has 0 spiro atoms. The molecule has 1 N–H and O–H groups in total. The third-order valence-corrected chi connectivity index (χ3v) is 4.29. The Morgan fingerprint density at radius 2 is 1.79 bits per heavy atom. The fourth-order valence-electron chi connectivity index (χ4n) is 2.92. The number of para-hydroxylation sites is 4. The molecule has 0 atom stereocenters. The highest BCUT2D eigenvalue weighted by molar-refractivity contribution is 5.83. The van der Waals surface area contributed by atoms with E-state index in [-0.39, 0.29) is 5.69 Å². The van der Waals surface area contributed by atoms with Gasteiger partial charge in [0.05, 0.1) is 23.1 Å². The fraction of sp³-hybridized carbons (Fsp3) is 0.0455. The highest BCUT2D eigenvalue weighted by Gasteiger charge is 2.14. The lowest BCUT2D eigenvalue weighted by molar-refractivity contribution is -0.384. The predicted octanol–water partition coefficient (Wildman–Crippen LogP) is 5.06. The minimum Gasteiger partial charge on any atom is -0.493 e. The average molecular weight is 387 g/mol. The number of aromatic nitrogens is 2. The van der Waals surface area contributed by atoms with Crippen molar-refractivity contribution in [3.63, 3.8) is 0 Å². The van der Waals surface area contributed by atoms with Crippen LogP contribution in [0.2, 0.25) is 0 Å². The molecular weight excluding hydrogens is 370 g/mol. The van der Waals surface area contributed by atoms with E-state index in [9.17, 15) is 10.1 Å². The number of hydrogen-bond donors (Lipinski definition) is 1. The Hall–Kier alpha value is -4.13. The van der Waals surface area contributed by atoms with Crippen LogP contribution < -0.4 is 9.47 Å². The first-order valence-electron chi connectivity index (χ1n) is 8.86. The lowest BCUT2D eigenvalue weighted by atomic mass is 10.1. The van der Waals surface area contributed by atoms with Crippen molar-refractivity contribution in [2.45, 2.75) is 0 Å². The molecule has 0 amide bonds. The zero-order valence-corrected chi connectivity index (χ0v) is 15.5. The summed E-state index contributed by atoms with van der Waals surface area (Å²) in [6, 6.07) is 21.2. The van der Waals surface area contributed by atoms with Crippen molar-refractivity contribution in [1.82, 2.24) is 9.97 Å². The predicted molar refractivity (Wildman–Crippen MR) is 111 cm³/mol. The third-order valence-electron chi connectivity index (χ3n) is 4.29. The molecule has 0 saturated heterocycles. The van der Waals surface area contributed by atoms with Crippen molar-refractivity contribution in [2.75, 3.05) is 7.11 Å². The van der Waals surface area contributed by atoms with Crippen molar-refractivity contribution in [2.24, 2.45) is 0 Å². The van der Waals surface area contributed by atoms with E-state index in [0.29, 0.717) is 28.6 Å². The molecule has 0 radical (unpaired) electrons. The first kappa shape index (κ1) is 18.2. The minimum absolute atomic E-state index is 0.00000215. The molecule has 144 valence electrons. The Morgan fingerprint density at radius 1 is 1.03 bits per heavy atom. The lowest BCUT2D eigenvalue weighted by Gasteiger charge is -2.11. The summed E-state index contributed by atoms with van der Waals surface area (Å²) in [5.74, 6) is 1.98. The standard InChI is InChI=1S/C22H17N3O4/c1-28-19-11-4-5-12-20(19)29-21(14-15-7-6-8-16(13-15)25(26)27)22-23-17-9-2-3-10-18(17)24-22/h2-14H,1H3,(H,23,24)/b21-14+. The van der Waals surface area contributed by atoms with Gasteiger partial charge in [0.25, 0.3) is 5.69 Å². The van der Waals surface area contributed by atoms with E-state index in [0.717, 1.165) is 11.0 Å². The van der Waals surface area contributed by atoms with E-state index in [1.165, 1.54) is 12.1 Å². The van der Waals surface area contributed by atoms with Crippen molar-refractivity contribution < 1.29 is 14.4 Å². The summed E-state index contributed by atoms with van der Waals surface area (Å²) in [6.07, 6.45) is 1.71. The Labute approximate surface area is 166 Å². The zero-order valence-electron chi connectivity index (χ0n) is 15.5. The average Bonchev–Trinajstić information content (AvgIpc) is 3.18. The number of rotatable bonds is 6. The number of aromatic amines is 1. The molecule has 0 aliphatic rings. The molecular formula is C22H17N3O4. The van der Waals surface area contributed by atoms with Crippen LogP contribution in [0.4, 0.5) is 5.69 Å². The lowest BCUT2D eigenvalue weighted by Crippen LogP contribution is -1.99. The second-order valence-electron chi connectivity index (χ2n) is 6.22. The van der Waals surface area contributed by atoms with Crippen molar-refractivity contribution in [1.29, 1.82) is 0 Å². The zero-order chi connectivity index (χ0) is 20.2. The molecule has 7 heteroatoms. The molecule has 0 aliphatic carbocycles. The number of nitrogens with zero attached hydrogens (tertiary/aromatic N) is 2. The molecule has 0 aliphatic heterocycles. The van der Waals surface area contributed by atoms with Gasteiger partial charge in [0.1, 0.15) is 0 Å². The van der Waals surface area contributed by atoms with E-state index >= 15 is 0 Å². The van der Waals surface area contributed by atoms with Gasteiger partial charge in [-0.2, -0.15) is 0 Å². The van der Waals surface area contributed by atoms with Crippen LogP contribution in [0, 0.1) is 10.1 Å². The van der Waals surface area contributed by atoms with E-state index in [4.69, 9.17) is 9.47 Å². The molecule has 0 saturated carbocycles. The largest absolute Gasteiger partial charge is 0.493 e. The molecule has 1 heterocycles. The van der Waals surface area contributed by atoms with Crippen LogP contribution in [0.1, 0.15) is 11.4 Å². The number of benzene rings is 3. The van der Waals surface area contributed by atoms with Gasteiger partial charge in [0.15, 0.2) is 23.1 Å². The summed E-state index contributed by atoms with van der Waals surface area (Å²) in [5, 5.41) is 11.1. The summed E-state index contributed by atoms with van der Waals surface area (Å²) in [5.41, 5.74) is 2.26. The molecule has 4 rings (SSSR count). The summed E-state index contributed by atoms with van der Waals surface area (Å²) < 4.78 is 11.5. The number of nitrogens with one attached hydrogen (secondary N) is 1. The molecule has 7 nitrogen and oxygen atoms in total. The van der Waals surface area contributed by atoms with Crippen molar-refractivity contribution in [3.8, 4) is 11.5 Å². The SMILES string of the molecule is COc1ccccc1O/C(=C/c1cccc([N+](=O)[O-])c1)c1nc2ccccc2[nH]1. The van der Waals surface area contributed by atoms with Crippen LogP contribution in [0.3, 0.4) is 0 Å². The van der Waals surface area contributed by atoms with Crippen LogP contribution in [-0.4, -0.2) is 22.0 Å². The van der Waals surface area contributed by atoms with Gasteiger partial charge >= 0.3 is 0 Å². The number of nitro benzene ring substituents is 1. The van der Waals surface area contributed by atoms with E-state index in [2.05, 4.69) is 9.97 Å². The Balaban J connectivity index is 1.82. The van der Waals surface area contributed by atoms with Crippen molar-refractivity contribution in [3.05, 3.63) is 94.3 Å². The van der Waals surface area contributed by atoms with E-state index < -0.39 is 4.92 Å². The maximum Gasteiger partial charge on any atom is 0.270 e. The molecule has 0 unspecified atom stereocenters. The van der Waals surface area contributed by atoms with Gasteiger partial charge in [-0.05, 0) is 35.9 Å². The summed E-state index contributed by atoms with van der Waals surface area (Å²) in [6.45, 7) is 0. The number of methoxy groups -OCH3 is 1. The van der Waals surface area contributed by atoms with Gasteiger partial charge in [-0.15, -0.1) is 0 Å². The Bertz CT molecular complexity index is 1180. The van der Waals surface area contributed by atoms with Gasteiger partial charge in [-0.1, -0.05) is 36.4 Å². The number of H-pyrrole nitrogens is 1. The van der Waals surface area contributed by atoms with Gasteiger partial charge < -0.3 is 14.5 Å². The fourth-order valence-corrected chi connectivity index (χ4v) is 2.92. The van der Waals surface area contributed by atoms with Crippen molar-refractivity contribution >= 4 is 28.6 Å². The second kappa shape index (κ2) is 7.85. The van der Waals surface area contributed by atoms with Crippen LogP contribution in [0.15, 0.2) is 72.8 Å². The van der Waals surface area contributed by atoms with E-state index in [1.807, 2.05) is 36.4 Å². The number of fused-ring (bicyclic) bond motifs is 1. The maximum absolute atomic E-state index is 11.1. The number of imidazole rings is 1. The summed E-state index contributed by atoms with van der Waals surface area (Å²) in [7, 11) is 1.56. The normalized spacial score (nSPS) is 11.4. The smallest absolute Gasteiger partial charge is 0.270 e. The topological polar surface area (TPSA) is 90.3 Å². The van der Waals surface area contributed by atoms with Gasteiger partial charge in [-0.25, -0.2) is 4.98 Å². The number of non-ortho nitro benzene ring substituents is 1. The highest BCUT2D eigenvalue weighted by atomic mass is 16.6. The molecule has 0 fully saturated rings. The molecule has 1 aromatic heterocycles. The third kappa shape index (κ3) is 3.93. The number of ether oxygens (including phenoxy) is 2. The minimum atomic E-state index is -0.431. The molecule has 29 heavy (non-hydrogen) atoms. The van der Waals surface area contributed by atoms with Crippen LogP contribution in [0.5, 0.6) is 11.5 Å². The first-order chi connectivity index (χ1) is 14.1. The first-order valence-corrected chi connectivity index (χ1v) is 8.86. The summed E-state index contributed by atoms with van der Waals surface area (Å²) >= 11 is 0. The van der Waals surface area contributed by atoms with E-state index in [1.54, 1.807) is 37.5 Å². The van der Waals surface area contributed by atoms with Crippen LogP contribution >= 0.6 is 0 Å². The quantitative estimate of drug-likeness (QED) is 0.284. The number of hydrogen-bond acceptors (Lipinski definition) is 5. The number of nitro groups is 1. The molecule has 0 bridgehead atoms. The van der Waals surface area contributed by atoms with Gasteiger partial charge in [0.2, 0.25) is 0 Å². The maximum atomic E-state index is 11.1.